The van der Waals surface area contributed by atoms with Crippen LogP contribution >= 0.6 is 0 Å². The van der Waals surface area contributed by atoms with Crippen LogP contribution in [0.2, 0.25) is 0 Å². The number of nitrogens with zero attached hydrogens (tertiary/aromatic N) is 4. The van der Waals surface area contributed by atoms with E-state index in [9.17, 15) is 5.26 Å². The first-order valence-electron chi connectivity index (χ1n) is 7.04. The van der Waals surface area contributed by atoms with E-state index in [0.29, 0.717) is 28.8 Å². The van der Waals surface area contributed by atoms with Crippen LogP contribution in [0, 0.1) is 18.3 Å². The fourth-order valence-corrected chi connectivity index (χ4v) is 2.09. The van der Waals surface area contributed by atoms with E-state index in [1.807, 2.05) is 49.4 Å². The Hall–Kier alpha value is -3.46. The monoisotopic (exact) mass is 302 g/mol. The Morgan fingerprint density at radius 3 is 2.13 bits per heavy atom. The van der Waals surface area contributed by atoms with E-state index in [0.717, 1.165) is 5.56 Å². The molecule has 0 unspecified atom stereocenters. The number of anilines is 4. The lowest BCUT2D eigenvalue weighted by Crippen LogP contribution is -2.04. The summed E-state index contributed by atoms with van der Waals surface area (Å²) in [6.07, 6.45) is 3.38. The summed E-state index contributed by atoms with van der Waals surface area (Å²) in [7, 11) is 0. The third kappa shape index (κ3) is 3.41. The van der Waals surface area contributed by atoms with Crippen molar-refractivity contribution in [2.24, 2.45) is 0 Å². The van der Waals surface area contributed by atoms with E-state index in [1.54, 1.807) is 12.4 Å². The van der Waals surface area contributed by atoms with Crippen LogP contribution in [0.15, 0.2) is 54.9 Å². The van der Waals surface area contributed by atoms with Gasteiger partial charge in [0.05, 0.1) is 5.56 Å². The van der Waals surface area contributed by atoms with Gasteiger partial charge in [0.2, 0.25) is 0 Å². The lowest BCUT2D eigenvalue weighted by atomic mass is 10.1. The number of nitriles is 1. The molecule has 3 aromatic heterocycles. The molecule has 112 valence electrons. The fraction of sp³-hybridized carbons (Fsp3) is 0.0588. The van der Waals surface area contributed by atoms with Gasteiger partial charge in [-0.15, -0.1) is 0 Å². The normalized spacial score (nSPS) is 9.91. The molecule has 6 nitrogen and oxygen atoms in total. The maximum absolute atomic E-state index is 9.37. The predicted octanol–water partition coefficient (Wildman–Crippen LogP) is 3.54. The zero-order valence-electron chi connectivity index (χ0n) is 12.5. The molecular formula is C17H14N6. The minimum absolute atomic E-state index is 0.463. The molecule has 0 spiro atoms. The van der Waals surface area contributed by atoms with Gasteiger partial charge in [0.15, 0.2) is 5.82 Å². The molecule has 3 rings (SSSR count). The van der Waals surface area contributed by atoms with Crippen LogP contribution in [0.5, 0.6) is 0 Å². The Kier molecular flexibility index (Phi) is 4.11. The molecule has 0 atom stereocenters. The summed E-state index contributed by atoms with van der Waals surface area (Å²) in [5, 5.41) is 15.6. The van der Waals surface area contributed by atoms with Gasteiger partial charge in [0, 0.05) is 12.4 Å². The molecule has 0 amide bonds. The average molecular weight is 302 g/mol. The molecule has 0 bridgehead atoms. The van der Waals surface area contributed by atoms with E-state index < -0.39 is 0 Å². The van der Waals surface area contributed by atoms with Crippen LogP contribution in [-0.4, -0.2) is 15.0 Å². The lowest BCUT2D eigenvalue weighted by Gasteiger charge is -2.12. The summed E-state index contributed by atoms with van der Waals surface area (Å²) in [5.74, 6) is 2.39. The Morgan fingerprint density at radius 2 is 1.57 bits per heavy atom. The summed E-state index contributed by atoms with van der Waals surface area (Å²) < 4.78 is 0. The van der Waals surface area contributed by atoms with Gasteiger partial charge in [-0.3, -0.25) is 0 Å². The fourth-order valence-electron chi connectivity index (χ4n) is 2.09. The molecule has 3 heterocycles. The highest BCUT2D eigenvalue weighted by Gasteiger charge is 2.11. The van der Waals surface area contributed by atoms with Crippen molar-refractivity contribution in [1.82, 2.24) is 15.0 Å². The van der Waals surface area contributed by atoms with Crippen LogP contribution in [0.1, 0.15) is 11.1 Å². The number of hydrogen-bond donors (Lipinski definition) is 2. The van der Waals surface area contributed by atoms with Crippen molar-refractivity contribution in [2.75, 3.05) is 10.6 Å². The zero-order chi connectivity index (χ0) is 16.1. The van der Waals surface area contributed by atoms with Crippen molar-refractivity contribution in [3.05, 3.63) is 66.0 Å². The van der Waals surface area contributed by atoms with Crippen molar-refractivity contribution < 1.29 is 0 Å². The second-order valence-electron chi connectivity index (χ2n) is 4.84. The summed E-state index contributed by atoms with van der Waals surface area (Å²) >= 11 is 0. The van der Waals surface area contributed by atoms with Crippen molar-refractivity contribution in [3.8, 4) is 6.07 Å². The van der Waals surface area contributed by atoms with E-state index in [1.165, 1.54) is 0 Å². The van der Waals surface area contributed by atoms with E-state index >= 15 is 0 Å². The highest BCUT2D eigenvalue weighted by molar-refractivity contribution is 5.67. The molecule has 6 heteroatoms. The van der Waals surface area contributed by atoms with Crippen molar-refractivity contribution in [3.63, 3.8) is 0 Å². The summed E-state index contributed by atoms with van der Waals surface area (Å²) in [5.41, 5.74) is 1.31. The SMILES string of the molecule is Cc1cc(Nc2ccccn2)nc(Nc2ccccn2)c1C#N. The second-order valence-corrected chi connectivity index (χ2v) is 4.84. The smallest absolute Gasteiger partial charge is 0.152 e. The first-order chi connectivity index (χ1) is 11.3. The Morgan fingerprint density at radius 1 is 0.913 bits per heavy atom. The molecule has 3 aromatic rings. The van der Waals surface area contributed by atoms with Gasteiger partial charge in [0.1, 0.15) is 23.5 Å². The van der Waals surface area contributed by atoms with Gasteiger partial charge in [-0.1, -0.05) is 12.1 Å². The number of hydrogen-bond acceptors (Lipinski definition) is 6. The second kappa shape index (κ2) is 6.54. The topological polar surface area (TPSA) is 86.5 Å². The Bertz CT molecular complexity index is 840. The van der Waals surface area contributed by atoms with E-state index in [2.05, 4.69) is 31.7 Å². The quantitative estimate of drug-likeness (QED) is 0.766. The number of aromatic nitrogens is 3. The molecule has 0 aliphatic rings. The van der Waals surface area contributed by atoms with Gasteiger partial charge in [-0.25, -0.2) is 15.0 Å². The highest BCUT2D eigenvalue weighted by Crippen LogP contribution is 2.24. The molecule has 0 fully saturated rings. The minimum atomic E-state index is 0.463. The first-order valence-corrected chi connectivity index (χ1v) is 7.04. The maximum Gasteiger partial charge on any atom is 0.152 e. The van der Waals surface area contributed by atoms with Crippen molar-refractivity contribution in [1.29, 1.82) is 5.26 Å². The van der Waals surface area contributed by atoms with Crippen LogP contribution in [-0.2, 0) is 0 Å². The molecule has 0 aromatic carbocycles. The minimum Gasteiger partial charge on any atom is -0.325 e. The summed E-state index contributed by atoms with van der Waals surface area (Å²) in [6, 6.07) is 15.1. The number of pyridine rings is 3. The molecule has 2 N–H and O–H groups in total. The molecule has 23 heavy (non-hydrogen) atoms. The van der Waals surface area contributed by atoms with Gasteiger partial charge in [-0.05, 0) is 42.8 Å². The van der Waals surface area contributed by atoms with Crippen LogP contribution in [0.4, 0.5) is 23.3 Å². The highest BCUT2D eigenvalue weighted by atomic mass is 15.1. The van der Waals surface area contributed by atoms with E-state index in [4.69, 9.17) is 0 Å². The van der Waals surface area contributed by atoms with Crippen LogP contribution in [0.25, 0.3) is 0 Å². The summed E-state index contributed by atoms with van der Waals surface area (Å²) in [4.78, 5) is 12.9. The first kappa shape index (κ1) is 14.5. The van der Waals surface area contributed by atoms with Gasteiger partial charge in [-0.2, -0.15) is 5.26 Å². The predicted molar refractivity (Wildman–Crippen MR) is 88.7 cm³/mol. The standard InChI is InChI=1S/C17H14N6/c1-12-10-16(21-14-6-2-4-8-19-14)23-17(13(12)11-18)22-15-7-3-5-9-20-15/h2-10H,1H3,(H2,19,20,21,22,23). The van der Waals surface area contributed by atoms with E-state index in [-0.39, 0.29) is 0 Å². The van der Waals surface area contributed by atoms with Gasteiger partial charge in [0.25, 0.3) is 0 Å². The van der Waals surface area contributed by atoms with Crippen molar-refractivity contribution in [2.45, 2.75) is 6.92 Å². The summed E-state index contributed by atoms with van der Waals surface area (Å²) in [6.45, 7) is 1.87. The molecular weight excluding hydrogens is 288 g/mol. The Balaban J connectivity index is 1.95. The largest absolute Gasteiger partial charge is 0.325 e. The molecule has 0 saturated heterocycles. The zero-order valence-corrected chi connectivity index (χ0v) is 12.5. The number of rotatable bonds is 4. The third-order valence-corrected chi connectivity index (χ3v) is 3.16. The average Bonchev–Trinajstić information content (AvgIpc) is 2.57. The van der Waals surface area contributed by atoms with Gasteiger partial charge >= 0.3 is 0 Å². The van der Waals surface area contributed by atoms with Crippen molar-refractivity contribution >= 4 is 23.3 Å². The maximum atomic E-state index is 9.37. The number of aryl methyl sites for hydroxylation is 1. The molecule has 0 aliphatic carbocycles. The molecule has 0 aliphatic heterocycles. The third-order valence-electron chi connectivity index (χ3n) is 3.16. The Labute approximate surface area is 133 Å². The van der Waals surface area contributed by atoms with Gasteiger partial charge < -0.3 is 10.6 Å². The van der Waals surface area contributed by atoms with Crippen LogP contribution < -0.4 is 10.6 Å². The van der Waals surface area contributed by atoms with Crippen LogP contribution in [0.3, 0.4) is 0 Å². The lowest BCUT2D eigenvalue weighted by molar-refractivity contribution is 1.20. The number of nitrogens with one attached hydrogen (secondary N) is 2. The molecule has 0 saturated carbocycles. The molecule has 0 radical (unpaired) electrons.